The summed E-state index contributed by atoms with van der Waals surface area (Å²) in [7, 11) is 0. The van der Waals surface area contributed by atoms with Gasteiger partial charge in [-0.25, -0.2) is 4.79 Å². The van der Waals surface area contributed by atoms with Crippen LogP contribution in [0.1, 0.15) is 40.5 Å². The SMILES string of the molecule is CC(C)(C)CNC(=O)N1CCCC(C)(C(=O)O)C1. The average molecular weight is 256 g/mol. The van der Waals surface area contributed by atoms with Crippen LogP contribution in [0.25, 0.3) is 0 Å². The lowest BCUT2D eigenvalue weighted by Gasteiger charge is -2.37. The van der Waals surface area contributed by atoms with Crippen LogP contribution in [-0.4, -0.2) is 41.6 Å². The molecular weight excluding hydrogens is 232 g/mol. The number of rotatable bonds is 2. The number of carbonyl (C=O) groups is 2. The minimum absolute atomic E-state index is 0.0293. The van der Waals surface area contributed by atoms with Crippen LogP contribution >= 0.6 is 0 Å². The van der Waals surface area contributed by atoms with Gasteiger partial charge in [0.2, 0.25) is 0 Å². The van der Waals surface area contributed by atoms with Crippen molar-refractivity contribution in [2.75, 3.05) is 19.6 Å². The van der Waals surface area contributed by atoms with Crippen molar-refractivity contribution in [1.82, 2.24) is 10.2 Å². The van der Waals surface area contributed by atoms with Crippen LogP contribution in [0.2, 0.25) is 0 Å². The first-order valence-electron chi connectivity index (χ1n) is 6.40. The lowest BCUT2D eigenvalue weighted by atomic mass is 9.82. The summed E-state index contributed by atoms with van der Waals surface area (Å²) >= 11 is 0. The first-order chi connectivity index (χ1) is 8.14. The van der Waals surface area contributed by atoms with Crippen molar-refractivity contribution in [3.05, 3.63) is 0 Å². The molecule has 0 radical (unpaired) electrons. The van der Waals surface area contributed by atoms with Crippen LogP contribution < -0.4 is 5.32 Å². The number of carbonyl (C=O) groups excluding carboxylic acids is 1. The molecule has 0 aromatic rings. The predicted octanol–water partition coefficient (Wildman–Crippen LogP) is 1.93. The molecule has 1 fully saturated rings. The fourth-order valence-corrected chi connectivity index (χ4v) is 2.04. The zero-order valence-corrected chi connectivity index (χ0v) is 11.7. The van der Waals surface area contributed by atoms with Crippen molar-refractivity contribution in [3.8, 4) is 0 Å². The summed E-state index contributed by atoms with van der Waals surface area (Å²) in [5, 5.41) is 12.1. The molecule has 1 atom stereocenters. The molecule has 5 nitrogen and oxygen atoms in total. The minimum atomic E-state index is -0.823. The molecule has 0 spiro atoms. The second-order valence-electron chi connectivity index (χ2n) is 6.61. The van der Waals surface area contributed by atoms with Gasteiger partial charge in [0.15, 0.2) is 0 Å². The van der Waals surface area contributed by atoms with Crippen molar-refractivity contribution in [1.29, 1.82) is 0 Å². The molecule has 0 saturated carbocycles. The van der Waals surface area contributed by atoms with Gasteiger partial charge in [-0.3, -0.25) is 4.79 Å². The van der Waals surface area contributed by atoms with Gasteiger partial charge in [-0.15, -0.1) is 0 Å². The molecule has 0 aromatic heterocycles. The van der Waals surface area contributed by atoms with E-state index in [1.807, 2.05) is 20.8 Å². The zero-order valence-electron chi connectivity index (χ0n) is 11.7. The van der Waals surface area contributed by atoms with Crippen LogP contribution in [0.15, 0.2) is 0 Å². The Balaban J connectivity index is 2.56. The summed E-state index contributed by atoms with van der Waals surface area (Å²) in [5.74, 6) is -0.823. The van der Waals surface area contributed by atoms with Crippen molar-refractivity contribution < 1.29 is 14.7 Å². The quantitative estimate of drug-likeness (QED) is 0.793. The monoisotopic (exact) mass is 256 g/mol. The van der Waals surface area contributed by atoms with Crippen LogP contribution in [0.4, 0.5) is 4.79 Å². The van der Waals surface area contributed by atoms with E-state index in [1.165, 1.54) is 0 Å². The third-order valence-corrected chi connectivity index (χ3v) is 3.27. The molecule has 104 valence electrons. The topological polar surface area (TPSA) is 69.6 Å². The third-order valence-electron chi connectivity index (χ3n) is 3.27. The molecule has 1 aliphatic rings. The Labute approximate surface area is 109 Å². The molecule has 0 aromatic carbocycles. The summed E-state index contributed by atoms with van der Waals surface area (Å²) in [4.78, 5) is 24.8. The average Bonchev–Trinajstić information content (AvgIpc) is 2.24. The summed E-state index contributed by atoms with van der Waals surface area (Å²) in [6, 6.07) is -0.155. The number of carboxylic acids is 1. The van der Waals surface area contributed by atoms with E-state index in [-0.39, 0.29) is 18.0 Å². The number of nitrogens with one attached hydrogen (secondary N) is 1. The minimum Gasteiger partial charge on any atom is -0.481 e. The highest BCUT2D eigenvalue weighted by Gasteiger charge is 2.39. The molecule has 1 rings (SSSR count). The van der Waals surface area contributed by atoms with Gasteiger partial charge in [-0.1, -0.05) is 20.8 Å². The summed E-state index contributed by atoms with van der Waals surface area (Å²) in [6.07, 6.45) is 1.37. The van der Waals surface area contributed by atoms with Gasteiger partial charge < -0.3 is 15.3 Å². The van der Waals surface area contributed by atoms with Crippen LogP contribution in [0.5, 0.6) is 0 Å². The molecule has 18 heavy (non-hydrogen) atoms. The van der Waals surface area contributed by atoms with Gasteiger partial charge in [0.05, 0.1) is 5.41 Å². The van der Waals surface area contributed by atoms with Crippen molar-refractivity contribution in [3.63, 3.8) is 0 Å². The summed E-state index contributed by atoms with van der Waals surface area (Å²) in [6.45, 7) is 9.36. The second-order valence-corrected chi connectivity index (χ2v) is 6.61. The number of hydrogen-bond donors (Lipinski definition) is 2. The van der Waals surface area contributed by atoms with E-state index in [4.69, 9.17) is 0 Å². The largest absolute Gasteiger partial charge is 0.481 e. The number of urea groups is 1. The first-order valence-corrected chi connectivity index (χ1v) is 6.40. The fourth-order valence-electron chi connectivity index (χ4n) is 2.04. The Bertz CT molecular complexity index is 336. The van der Waals surface area contributed by atoms with Crippen LogP contribution in [-0.2, 0) is 4.79 Å². The Morgan fingerprint density at radius 3 is 2.50 bits per heavy atom. The molecule has 5 heteroatoms. The highest BCUT2D eigenvalue weighted by atomic mass is 16.4. The number of aliphatic carboxylic acids is 1. The first kappa shape index (κ1) is 14.8. The van der Waals surface area contributed by atoms with E-state index in [1.54, 1.807) is 11.8 Å². The van der Waals surface area contributed by atoms with Gasteiger partial charge >= 0.3 is 12.0 Å². The smallest absolute Gasteiger partial charge is 0.317 e. The Hall–Kier alpha value is -1.26. The van der Waals surface area contributed by atoms with Crippen molar-refractivity contribution in [2.24, 2.45) is 10.8 Å². The molecule has 1 aliphatic heterocycles. The number of hydrogen-bond acceptors (Lipinski definition) is 2. The number of amides is 2. The van der Waals surface area contributed by atoms with E-state index in [0.717, 1.165) is 6.42 Å². The fraction of sp³-hybridized carbons (Fsp3) is 0.846. The Morgan fingerprint density at radius 1 is 1.39 bits per heavy atom. The number of piperidine rings is 1. The number of carboxylic acid groups (broad SMARTS) is 1. The van der Waals surface area contributed by atoms with Gasteiger partial charge in [-0.05, 0) is 25.2 Å². The molecule has 2 amide bonds. The maximum absolute atomic E-state index is 12.0. The number of nitrogens with zero attached hydrogens (tertiary/aromatic N) is 1. The van der Waals surface area contributed by atoms with Gasteiger partial charge in [0, 0.05) is 19.6 Å². The lowest BCUT2D eigenvalue weighted by molar-refractivity contribution is -0.150. The van der Waals surface area contributed by atoms with Gasteiger partial charge in [-0.2, -0.15) is 0 Å². The highest BCUT2D eigenvalue weighted by molar-refractivity contribution is 5.78. The van der Waals surface area contributed by atoms with Gasteiger partial charge in [0.25, 0.3) is 0 Å². The standard InChI is InChI=1S/C13H24N2O3/c1-12(2,3)8-14-11(18)15-7-5-6-13(4,9-15)10(16)17/h5-9H2,1-4H3,(H,14,18)(H,16,17). The predicted molar refractivity (Wildman–Crippen MR) is 69.4 cm³/mol. The molecule has 1 heterocycles. The van der Waals surface area contributed by atoms with E-state index >= 15 is 0 Å². The van der Waals surface area contributed by atoms with Crippen LogP contribution in [0.3, 0.4) is 0 Å². The molecule has 0 aliphatic carbocycles. The lowest BCUT2D eigenvalue weighted by Crippen LogP contribution is -2.52. The second kappa shape index (κ2) is 5.16. The molecule has 1 saturated heterocycles. The summed E-state index contributed by atoms with van der Waals surface area (Å²) in [5.41, 5.74) is -0.779. The Kier molecular flexibility index (Phi) is 4.24. The zero-order chi connectivity index (χ0) is 14.0. The maximum atomic E-state index is 12.0. The van der Waals surface area contributed by atoms with E-state index in [2.05, 4.69) is 5.32 Å². The van der Waals surface area contributed by atoms with Crippen molar-refractivity contribution >= 4 is 12.0 Å². The van der Waals surface area contributed by atoms with Gasteiger partial charge in [0.1, 0.15) is 0 Å². The maximum Gasteiger partial charge on any atom is 0.317 e. The van der Waals surface area contributed by atoms with E-state index in [0.29, 0.717) is 19.5 Å². The molecule has 1 unspecified atom stereocenters. The highest BCUT2D eigenvalue weighted by Crippen LogP contribution is 2.29. The van der Waals surface area contributed by atoms with E-state index in [9.17, 15) is 14.7 Å². The van der Waals surface area contributed by atoms with E-state index < -0.39 is 11.4 Å². The number of likely N-dealkylation sites (tertiary alicyclic amines) is 1. The third kappa shape index (κ3) is 3.89. The molecule has 0 bridgehead atoms. The Morgan fingerprint density at radius 2 is 2.00 bits per heavy atom. The van der Waals surface area contributed by atoms with Crippen molar-refractivity contribution in [2.45, 2.75) is 40.5 Å². The summed E-state index contributed by atoms with van der Waals surface area (Å²) < 4.78 is 0. The van der Waals surface area contributed by atoms with Crippen LogP contribution in [0, 0.1) is 10.8 Å². The normalized spacial score (nSPS) is 24.8. The molecule has 2 N–H and O–H groups in total. The molecular formula is C13H24N2O3.